The SMILES string of the molecule is Cc1cnc(CN[C@@H](C)CC(=O)Nc2ccccc2)s1. The number of hydrogen-bond acceptors (Lipinski definition) is 4. The molecule has 0 spiro atoms. The highest BCUT2D eigenvalue weighted by Crippen LogP contribution is 2.11. The first kappa shape index (κ1) is 14.7. The molecule has 1 aromatic heterocycles. The maximum absolute atomic E-state index is 11.9. The number of amides is 1. The summed E-state index contributed by atoms with van der Waals surface area (Å²) in [6, 6.07) is 9.62. The molecule has 5 heteroatoms. The maximum atomic E-state index is 11.9. The van der Waals surface area contributed by atoms with Gasteiger partial charge >= 0.3 is 0 Å². The molecule has 106 valence electrons. The Morgan fingerprint density at radius 1 is 1.35 bits per heavy atom. The standard InChI is InChI=1S/C15H19N3OS/c1-11(16-10-15-17-9-12(2)20-15)8-14(19)18-13-6-4-3-5-7-13/h3-7,9,11,16H,8,10H2,1-2H3,(H,18,19)/t11-/m0/s1. The summed E-state index contributed by atoms with van der Waals surface area (Å²) in [7, 11) is 0. The molecule has 1 heterocycles. The van der Waals surface area contributed by atoms with Gasteiger partial charge in [-0.05, 0) is 26.0 Å². The lowest BCUT2D eigenvalue weighted by molar-refractivity contribution is -0.116. The van der Waals surface area contributed by atoms with E-state index < -0.39 is 0 Å². The molecule has 0 saturated carbocycles. The minimum atomic E-state index is 0.0199. The number of aryl methyl sites for hydroxylation is 1. The highest BCUT2D eigenvalue weighted by Gasteiger charge is 2.09. The normalized spacial score (nSPS) is 12.1. The largest absolute Gasteiger partial charge is 0.326 e. The molecular formula is C15H19N3OS. The fourth-order valence-corrected chi connectivity index (χ4v) is 2.57. The number of carbonyl (C=O) groups is 1. The van der Waals surface area contributed by atoms with Crippen LogP contribution in [0.2, 0.25) is 0 Å². The average molecular weight is 289 g/mol. The van der Waals surface area contributed by atoms with Crippen LogP contribution in [0.15, 0.2) is 36.5 Å². The molecule has 1 atom stereocenters. The van der Waals surface area contributed by atoms with E-state index in [0.29, 0.717) is 13.0 Å². The van der Waals surface area contributed by atoms with E-state index >= 15 is 0 Å². The second kappa shape index (κ2) is 7.17. The number of benzene rings is 1. The Hall–Kier alpha value is -1.72. The van der Waals surface area contributed by atoms with Crippen LogP contribution in [-0.4, -0.2) is 16.9 Å². The number of anilines is 1. The van der Waals surface area contributed by atoms with Gasteiger partial charge < -0.3 is 10.6 Å². The Morgan fingerprint density at radius 2 is 2.10 bits per heavy atom. The summed E-state index contributed by atoms with van der Waals surface area (Å²) in [5, 5.41) is 7.25. The van der Waals surface area contributed by atoms with Crippen LogP contribution < -0.4 is 10.6 Å². The topological polar surface area (TPSA) is 54.0 Å². The van der Waals surface area contributed by atoms with Crippen LogP contribution in [-0.2, 0) is 11.3 Å². The predicted octanol–water partition coefficient (Wildman–Crippen LogP) is 2.96. The minimum Gasteiger partial charge on any atom is -0.326 e. The van der Waals surface area contributed by atoms with E-state index in [2.05, 4.69) is 15.6 Å². The van der Waals surface area contributed by atoms with Gasteiger partial charge in [-0.1, -0.05) is 18.2 Å². The van der Waals surface area contributed by atoms with Gasteiger partial charge in [-0.25, -0.2) is 4.98 Å². The third kappa shape index (κ3) is 4.75. The molecule has 0 aliphatic carbocycles. The van der Waals surface area contributed by atoms with E-state index in [4.69, 9.17) is 0 Å². The Morgan fingerprint density at radius 3 is 2.75 bits per heavy atom. The molecule has 4 nitrogen and oxygen atoms in total. The number of aromatic nitrogens is 1. The van der Waals surface area contributed by atoms with Gasteiger partial charge in [-0.2, -0.15) is 0 Å². The number of thiazole rings is 1. The van der Waals surface area contributed by atoms with E-state index in [1.165, 1.54) is 4.88 Å². The molecule has 0 radical (unpaired) electrons. The number of para-hydroxylation sites is 1. The Labute approximate surface area is 123 Å². The van der Waals surface area contributed by atoms with Crippen molar-refractivity contribution < 1.29 is 4.79 Å². The first-order valence-corrected chi connectivity index (χ1v) is 7.44. The minimum absolute atomic E-state index is 0.0199. The number of rotatable bonds is 6. The lowest BCUT2D eigenvalue weighted by Crippen LogP contribution is -2.30. The maximum Gasteiger partial charge on any atom is 0.225 e. The smallest absolute Gasteiger partial charge is 0.225 e. The summed E-state index contributed by atoms with van der Waals surface area (Å²) in [6.45, 7) is 4.75. The average Bonchev–Trinajstić information content (AvgIpc) is 2.83. The Bertz CT molecular complexity index is 553. The first-order valence-electron chi connectivity index (χ1n) is 6.63. The summed E-state index contributed by atoms with van der Waals surface area (Å²) in [4.78, 5) is 17.4. The fraction of sp³-hybridized carbons (Fsp3) is 0.333. The van der Waals surface area contributed by atoms with Crippen LogP contribution in [0, 0.1) is 6.92 Å². The molecular weight excluding hydrogens is 270 g/mol. The Kier molecular flexibility index (Phi) is 5.26. The molecule has 1 aromatic carbocycles. The quantitative estimate of drug-likeness (QED) is 0.859. The number of carbonyl (C=O) groups excluding carboxylic acids is 1. The molecule has 20 heavy (non-hydrogen) atoms. The fourth-order valence-electron chi connectivity index (χ4n) is 1.83. The van der Waals surface area contributed by atoms with Crippen LogP contribution in [0.25, 0.3) is 0 Å². The zero-order valence-electron chi connectivity index (χ0n) is 11.7. The van der Waals surface area contributed by atoms with Gasteiger partial charge in [-0.15, -0.1) is 11.3 Å². The second-order valence-electron chi connectivity index (χ2n) is 4.76. The van der Waals surface area contributed by atoms with Crippen LogP contribution >= 0.6 is 11.3 Å². The summed E-state index contributed by atoms with van der Waals surface area (Å²) in [5.41, 5.74) is 0.834. The molecule has 0 fully saturated rings. The Balaban J connectivity index is 1.73. The van der Waals surface area contributed by atoms with E-state index in [1.807, 2.05) is 50.4 Å². The summed E-state index contributed by atoms with van der Waals surface area (Å²) >= 11 is 1.68. The van der Waals surface area contributed by atoms with E-state index in [-0.39, 0.29) is 11.9 Å². The highest BCUT2D eigenvalue weighted by molar-refractivity contribution is 7.11. The van der Waals surface area contributed by atoms with Gasteiger partial charge in [0.15, 0.2) is 0 Å². The zero-order chi connectivity index (χ0) is 14.4. The van der Waals surface area contributed by atoms with Crippen molar-refractivity contribution >= 4 is 22.9 Å². The van der Waals surface area contributed by atoms with Gasteiger partial charge in [0.1, 0.15) is 5.01 Å². The zero-order valence-corrected chi connectivity index (χ0v) is 12.5. The lowest BCUT2D eigenvalue weighted by atomic mass is 10.2. The van der Waals surface area contributed by atoms with Crippen molar-refractivity contribution in [1.82, 2.24) is 10.3 Å². The molecule has 1 amide bonds. The number of nitrogens with zero attached hydrogens (tertiary/aromatic N) is 1. The number of nitrogens with one attached hydrogen (secondary N) is 2. The first-order chi connectivity index (χ1) is 9.63. The van der Waals surface area contributed by atoms with Crippen molar-refractivity contribution in [2.24, 2.45) is 0 Å². The third-order valence-corrected chi connectivity index (χ3v) is 3.73. The molecule has 2 N–H and O–H groups in total. The molecule has 2 rings (SSSR count). The third-order valence-electron chi connectivity index (χ3n) is 2.82. The van der Waals surface area contributed by atoms with Crippen molar-refractivity contribution in [2.75, 3.05) is 5.32 Å². The van der Waals surface area contributed by atoms with Crippen LogP contribution in [0.4, 0.5) is 5.69 Å². The van der Waals surface area contributed by atoms with Crippen molar-refractivity contribution in [3.63, 3.8) is 0 Å². The van der Waals surface area contributed by atoms with Crippen LogP contribution in [0.3, 0.4) is 0 Å². The van der Waals surface area contributed by atoms with Gasteiger partial charge in [0, 0.05) is 35.8 Å². The van der Waals surface area contributed by atoms with Gasteiger partial charge in [0.25, 0.3) is 0 Å². The van der Waals surface area contributed by atoms with Crippen molar-refractivity contribution in [3.8, 4) is 0 Å². The predicted molar refractivity (Wildman–Crippen MR) is 82.8 cm³/mol. The summed E-state index contributed by atoms with van der Waals surface area (Å²) < 4.78 is 0. The van der Waals surface area contributed by atoms with Crippen molar-refractivity contribution in [2.45, 2.75) is 32.9 Å². The second-order valence-corrected chi connectivity index (χ2v) is 6.08. The molecule has 0 aliphatic rings. The van der Waals surface area contributed by atoms with Crippen molar-refractivity contribution in [1.29, 1.82) is 0 Å². The molecule has 0 unspecified atom stereocenters. The van der Waals surface area contributed by atoms with Crippen LogP contribution in [0.5, 0.6) is 0 Å². The number of hydrogen-bond donors (Lipinski definition) is 2. The molecule has 0 aliphatic heterocycles. The van der Waals surface area contributed by atoms with E-state index in [9.17, 15) is 4.79 Å². The molecule has 2 aromatic rings. The van der Waals surface area contributed by atoms with Crippen LogP contribution in [0.1, 0.15) is 23.2 Å². The van der Waals surface area contributed by atoms with E-state index in [1.54, 1.807) is 11.3 Å². The summed E-state index contributed by atoms with van der Waals surface area (Å²) in [6.07, 6.45) is 2.31. The molecule has 0 bridgehead atoms. The highest BCUT2D eigenvalue weighted by atomic mass is 32.1. The van der Waals surface area contributed by atoms with Gasteiger partial charge in [0.2, 0.25) is 5.91 Å². The summed E-state index contributed by atoms with van der Waals surface area (Å²) in [5.74, 6) is 0.0199. The van der Waals surface area contributed by atoms with E-state index in [0.717, 1.165) is 10.7 Å². The monoisotopic (exact) mass is 289 g/mol. The van der Waals surface area contributed by atoms with Crippen molar-refractivity contribution in [3.05, 3.63) is 46.4 Å². The van der Waals surface area contributed by atoms with Gasteiger partial charge in [-0.3, -0.25) is 4.79 Å². The van der Waals surface area contributed by atoms with Gasteiger partial charge in [0.05, 0.1) is 0 Å². The molecule has 0 saturated heterocycles. The lowest BCUT2D eigenvalue weighted by Gasteiger charge is -2.12.